The molecule has 7 nitrogen and oxygen atoms in total. The highest BCUT2D eigenvalue weighted by Crippen LogP contribution is 2.25. The van der Waals surface area contributed by atoms with E-state index in [1.807, 2.05) is 0 Å². The molecule has 2 rings (SSSR count). The number of sulfonamides is 1. The highest BCUT2D eigenvalue weighted by molar-refractivity contribution is 7.89. The zero-order chi connectivity index (χ0) is 20.2. The smallest absolute Gasteiger partial charge is 0.339 e. The van der Waals surface area contributed by atoms with Crippen molar-refractivity contribution in [3.05, 3.63) is 64.7 Å². The number of benzene rings is 2. The molecule has 144 valence electrons. The van der Waals surface area contributed by atoms with Gasteiger partial charge in [-0.15, -0.1) is 0 Å². The number of hydrogen-bond donors (Lipinski definition) is 1. The van der Waals surface area contributed by atoms with Crippen molar-refractivity contribution in [1.82, 2.24) is 9.62 Å². The summed E-state index contributed by atoms with van der Waals surface area (Å²) in [4.78, 5) is 26.1. The number of ether oxygens (including phenoxy) is 1. The normalized spacial score (nSPS) is 12.3. The third-order valence-electron chi connectivity index (χ3n) is 3.72. The van der Waals surface area contributed by atoms with Gasteiger partial charge in [0.1, 0.15) is 4.90 Å². The van der Waals surface area contributed by atoms with Crippen molar-refractivity contribution >= 4 is 33.5 Å². The Morgan fingerprint density at radius 3 is 2.30 bits per heavy atom. The highest BCUT2D eigenvalue weighted by atomic mass is 35.5. The molecule has 0 heterocycles. The van der Waals surface area contributed by atoms with Crippen LogP contribution in [0.15, 0.2) is 53.4 Å². The van der Waals surface area contributed by atoms with Gasteiger partial charge in [-0.05, 0) is 25.2 Å². The lowest BCUT2D eigenvalue weighted by Crippen LogP contribution is -2.31. The standard InChI is InChI=1S/C18H19ClN2O5S/c1-20-27(24,25)15-11-13(9-10-14(15)19)18(23)26-16(17(22)21(2)3)12-7-5-4-6-8-12/h4-11,16,20H,1-3H3/t16-/m0/s1. The maximum Gasteiger partial charge on any atom is 0.339 e. The third kappa shape index (κ3) is 4.85. The summed E-state index contributed by atoms with van der Waals surface area (Å²) in [5.74, 6) is -1.27. The minimum absolute atomic E-state index is 0.0372. The summed E-state index contributed by atoms with van der Waals surface area (Å²) >= 11 is 5.93. The zero-order valence-corrected chi connectivity index (χ0v) is 16.5. The Hall–Kier alpha value is -2.42. The Labute approximate surface area is 162 Å². The van der Waals surface area contributed by atoms with E-state index >= 15 is 0 Å². The molecule has 1 atom stereocenters. The van der Waals surface area contributed by atoms with E-state index in [0.717, 1.165) is 6.07 Å². The SMILES string of the molecule is CNS(=O)(=O)c1cc(C(=O)O[C@H](C(=O)N(C)C)c2ccccc2)ccc1Cl. The average Bonchev–Trinajstić information content (AvgIpc) is 2.66. The third-order valence-corrected chi connectivity index (χ3v) is 5.61. The molecule has 0 aromatic heterocycles. The quantitative estimate of drug-likeness (QED) is 0.737. The maximum atomic E-state index is 12.6. The first-order valence-corrected chi connectivity index (χ1v) is 9.73. The molecule has 27 heavy (non-hydrogen) atoms. The molecule has 0 aliphatic rings. The van der Waals surface area contributed by atoms with Crippen LogP contribution in [0.3, 0.4) is 0 Å². The van der Waals surface area contributed by atoms with Crippen molar-refractivity contribution < 1.29 is 22.7 Å². The fourth-order valence-electron chi connectivity index (χ4n) is 2.24. The molecule has 0 unspecified atom stereocenters. The molecule has 0 aliphatic heterocycles. The molecule has 0 radical (unpaired) electrons. The van der Waals surface area contributed by atoms with Crippen LogP contribution < -0.4 is 4.72 Å². The topological polar surface area (TPSA) is 92.8 Å². The van der Waals surface area contributed by atoms with Crippen molar-refractivity contribution in [2.75, 3.05) is 21.1 Å². The first-order chi connectivity index (χ1) is 12.7. The monoisotopic (exact) mass is 410 g/mol. The van der Waals surface area contributed by atoms with E-state index in [2.05, 4.69) is 4.72 Å². The minimum atomic E-state index is -3.86. The lowest BCUT2D eigenvalue weighted by atomic mass is 10.1. The highest BCUT2D eigenvalue weighted by Gasteiger charge is 2.28. The predicted octanol–water partition coefficient (Wildman–Crippen LogP) is 2.23. The number of esters is 1. The van der Waals surface area contributed by atoms with Crippen LogP contribution in [-0.4, -0.2) is 46.3 Å². The number of rotatable bonds is 6. The Bertz CT molecular complexity index is 945. The van der Waals surface area contributed by atoms with E-state index in [0.29, 0.717) is 5.56 Å². The number of halogens is 1. The van der Waals surface area contributed by atoms with Gasteiger partial charge in [0.15, 0.2) is 0 Å². The second kappa shape index (κ2) is 8.51. The molecule has 0 saturated carbocycles. The maximum absolute atomic E-state index is 12.6. The summed E-state index contributed by atoms with van der Waals surface area (Å²) in [5.41, 5.74) is 0.460. The fraction of sp³-hybridized carbons (Fsp3) is 0.222. The van der Waals surface area contributed by atoms with E-state index in [9.17, 15) is 18.0 Å². The lowest BCUT2D eigenvalue weighted by Gasteiger charge is -2.21. The predicted molar refractivity (Wildman–Crippen MR) is 101 cm³/mol. The molecular formula is C18H19ClN2O5S. The number of hydrogen-bond acceptors (Lipinski definition) is 5. The summed E-state index contributed by atoms with van der Waals surface area (Å²) in [6, 6.07) is 12.3. The number of amides is 1. The summed E-state index contributed by atoms with van der Waals surface area (Å²) in [7, 11) is 0.469. The van der Waals surface area contributed by atoms with Crippen LogP contribution in [0, 0.1) is 0 Å². The second-order valence-electron chi connectivity index (χ2n) is 5.78. The van der Waals surface area contributed by atoms with Crippen LogP contribution in [-0.2, 0) is 19.6 Å². The van der Waals surface area contributed by atoms with Crippen molar-refractivity contribution in [1.29, 1.82) is 0 Å². The first-order valence-electron chi connectivity index (χ1n) is 7.87. The summed E-state index contributed by atoms with van der Waals surface area (Å²) in [5, 5.41) is -0.0372. The number of carbonyl (C=O) groups is 2. The van der Waals surface area contributed by atoms with Gasteiger partial charge in [-0.2, -0.15) is 0 Å². The molecule has 0 aliphatic carbocycles. The molecule has 0 saturated heterocycles. The van der Waals surface area contributed by atoms with Crippen LogP contribution in [0.2, 0.25) is 5.02 Å². The van der Waals surface area contributed by atoms with Gasteiger partial charge < -0.3 is 9.64 Å². The van der Waals surface area contributed by atoms with E-state index in [4.69, 9.17) is 16.3 Å². The second-order valence-corrected chi connectivity index (χ2v) is 8.04. The van der Waals surface area contributed by atoms with Gasteiger partial charge in [0.2, 0.25) is 16.1 Å². The van der Waals surface area contributed by atoms with Gasteiger partial charge in [-0.1, -0.05) is 41.9 Å². The van der Waals surface area contributed by atoms with Gasteiger partial charge in [0.05, 0.1) is 10.6 Å². The molecule has 0 spiro atoms. The van der Waals surface area contributed by atoms with Crippen LogP contribution in [0.1, 0.15) is 22.0 Å². The summed E-state index contributed by atoms with van der Waals surface area (Å²) < 4.78 is 31.6. The van der Waals surface area contributed by atoms with E-state index in [1.54, 1.807) is 44.4 Å². The van der Waals surface area contributed by atoms with Crippen molar-refractivity contribution in [2.45, 2.75) is 11.0 Å². The first kappa shape index (κ1) is 20.9. The molecule has 9 heteroatoms. The Balaban J connectivity index is 2.39. The molecule has 0 fully saturated rings. The van der Waals surface area contributed by atoms with Crippen LogP contribution in [0.25, 0.3) is 0 Å². The lowest BCUT2D eigenvalue weighted by molar-refractivity contribution is -0.138. The van der Waals surface area contributed by atoms with Gasteiger partial charge in [-0.25, -0.2) is 17.9 Å². The van der Waals surface area contributed by atoms with Crippen molar-refractivity contribution in [2.24, 2.45) is 0 Å². The average molecular weight is 411 g/mol. The van der Waals surface area contributed by atoms with Crippen LogP contribution in [0.5, 0.6) is 0 Å². The van der Waals surface area contributed by atoms with Crippen LogP contribution >= 0.6 is 11.6 Å². The Morgan fingerprint density at radius 1 is 1.11 bits per heavy atom. The largest absolute Gasteiger partial charge is 0.444 e. The van der Waals surface area contributed by atoms with Gasteiger partial charge in [-0.3, -0.25) is 4.79 Å². The van der Waals surface area contributed by atoms with E-state index in [1.165, 1.54) is 24.1 Å². The van der Waals surface area contributed by atoms with Crippen molar-refractivity contribution in [3.63, 3.8) is 0 Å². The minimum Gasteiger partial charge on any atom is -0.444 e. The van der Waals surface area contributed by atoms with Gasteiger partial charge in [0, 0.05) is 19.7 Å². The number of nitrogens with one attached hydrogen (secondary N) is 1. The summed E-state index contributed by atoms with van der Waals surface area (Å²) in [6.45, 7) is 0. The van der Waals surface area contributed by atoms with Gasteiger partial charge >= 0.3 is 5.97 Å². The molecule has 0 bridgehead atoms. The summed E-state index contributed by atoms with van der Waals surface area (Å²) in [6.07, 6.45) is -1.16. The Kier molecular flexibility index (Phi) is 6.59. The zero-order valence-electron chi connectivity index (χ0n) is 15.0. The number of carbonyl (C=O) groups excluding carboxylic acids is 2. The number of nitrogens with zero attached hydrogens (tertiary/aromatic N) is 1. The van der Waals surface area contributed by atoms with E-state index in [-0.39, 0.29) is 15.5 Å². The van der Waals surface area contributed by atoms with E-state index < -0.39 is 28.0 Å². The van der Waals surface area contributed by atoms with Gasteiger partial charge in [0.25, 0.3) is 5.91 Å². The molecule has 2 aromatic rings. The fourth-order valence-corrected chi connectivity index (χ4v) is 3.49. The van der Waals surface area contributed by atoms with Crippen LogP contribution in [0.4, 0.5) is 0 Å². The molecule has 1 N–H and O–H groups in total. The molecular weight excluding hydrogens is 392 g/mol. The molecule has 1 amide bonds. The molecule has 2 aromatic carbocycles. The Morgan fingerprint density at radius 2 is 1.74 bits per heavy atom. The number of likely N-dealkylation sites (N-methyl/N-ethyl adjacent to an activating group) is 1. The van der Waals surface area contributed by atoms with Crippen molar-refractivity contribution in [3.8, 4) is 0 Å².